The van der Waals surface area contributed by atoms with E-state index in [0.29, 0.717) is 5.92 Å². The number of rotatable bonds is 4. The van der Waals surface area contributed by atoms with Crippen LogP contribution in [0.2, 0.25) is 0 Å². The average Bonchev–Trinajstić information content (AvgIpc) is 2.73. The zero-order valence-electron chi connectivity index (χ0n) is 11.5. The Labute approximate surface area is 108 Å². The Kier molecular flexibility index (Phi) is 4.73. The van der Waals surface area contributed by atoms with Crippen LogP contribution in [0.3, 0.4) is 0 Å². The number of amides is 1. The maximum absolute atomic E-state index is 12.0. The molecule has 5 nitrogen and oxygen atoms in total. The molecular weight excluding hydrogens is 232 g/mol. The predicted octanol–water partition coefficient (Wildman–Crippen LogP) is 1.07. The van der Waals surface area contributed by atoms with Crippen molar-refractivity contribution in [1.82, 2.24) is 4.90 Å². The number of carboxylic acid groups (broad SMARTS) is 1. The highest BCUT2D eigenvalue weighted by atomic mass is 16.4. The van der Waals surface area contributed by atoms with Crippen LogP contribution in [0.5, 0.6) is 0 Å². The van der Waals surface area contributed by atoms with Crippen LogP contribution >= 0.6 is 0 Å². The fraction of sp³-hybridized carbons (Fsp3) is 0.846. The fourth-order valence-electron chi connectivity index (χ4n) is 2.30. The van der Waals surface area contributed by atoms with E-state index in [1.54, 1.807) is 4.90 Å². The van der Waals surface area contributed by atoms with E-state index in [4.69, 9.17) is 10.8 Å². The molecule has 1 saturated heterocycles. The molecule has 3 N–H and O–H groups in total. The van der Waals surface area contributed by atoms with Crippen LogP contribution < -0.4 is 5.73 Å². The highest BCUT2D eigenvalue weighted by Gasteiger charge is 2.35. The molecule has 104 valence electrons. The van der Waals surface area contributed by atoms with Gasteiger partial charge in [-0.25, -0.2) is 0 Å². The Morgan fingerprint density at radius 1 is 1.44 bits per heavy atom. The van der Waals surface area contributed by atoms with Gasteiger partial charge in [-0.3, -0.25) is 9.59 Å². The molecule has 0 aromatic heterocycles. The van der Waals surface area contributed by atoms with Gasteiger partial charge in [-0.2, -0.15) is 0 Å². The first-order chi connectivity index (χ1) is 8.21. The summed E-state index contributed by atoms with van der Waals surface area (Å²) in [5.41, 5.74) is 5.94. The van der Waals surface area contributed by atoms with Crippen molar-refractivity contribution in [1.29, 1.82) is 0 Å². The Bertz CT molecular complexity index is 323. The Balaban J connectivity index is 2.47. The quantitative estimate of drug-likeness (QED) is 0.788. The number of hydrogen-bond acceptors (Lipinski definition) is 3. The van der Waals surface area contributed by atoms with E-state index in [1.807, 2.05) is 0 Å². The van der Waals surface area contributed by atoms with Gasteiger partial charge in [0.05, 0.1) is 6.04 Å². The summed E-state index contributed by atoms with van der Waals surface area (Å²) in [6.45, 7) is 8.01. The number of carboxylic acids is 1. The first-order valence-corrected chi connectivity index (χ1v) is 6.48. The number of hydrogen-bond donors (Lipinski definition) is 2. The molecule has 0 spiro atoms. The fourth-order valence-corrected chi connectivity index (χ4v) is 2.30. The summed E-state index contributed by atoms with van der Waals surface area (Å²) in [6, 6.07) is -0.681. The van der Waals surface area contributed by atoms with Crippen molar-refractivity contribution in [3.63, 3.8) is 0 Å². The van der Waals surface area contributed by atoms with Crippen LogP contribution in [-0.4, -0.2) is 41.0 Å². The lowest BCUT2D eigenvalue weighted by atomic mass is 9.80. The van der Waals surface area contributed by atoms with E-state index in [9.17, 15) is 9.59 Å². The van der Waals surface area contributed by atoms with Crippen LogP contribution in [-0.2, 0) is 9.59 Å². The van der Waals surface area contributed by atoms with Gasteiger partial charge in [0.25, 0.3) is 0 Å². The number of likely N-dealkylation sites (tertiary alicyclic amines) is 1. The molecule has 2 atom stereocenters. The van der Waals surface area contributed by atoms with Gasteiger partial charge in [0, 0.05) is 19.5 Å². The molecule has 0 saturated carbocycles. The highest BCUT2D eigenvalue weighted by molar-refractivity contribution is 5.82. The number of nitrogens with zero attached hydrogens (tertiary/aromatic N) is 1. The van der Waals surface area contributed by atoms with E-state index in [0.717, 1.165) is 19.5 Å². The van der Waals surface area contributed by atoms with E-state index >= 15 is 0 Å². The van der Waals surface area contributed by atoms with Gasteiger partial charge < -0.3 is 15.7 Å². The molecule has 0 aromatic carbocycles. The van der Waals surface area contributed by atoms with Gasteiger partial charge in [-0.15, -0.1) is 0 Å². The molecule has 0 radical (unpaired) electrons. The van der Waals surface area contributed by atoms with E-state index in [2.05, 4.69) is 20.8 Å². The molecule has 0 bridgehead atoms. The largest absolute Gasteiger partial charge is 0.481 e. The first kappa shape index (κ1) is 15.0. The smallest absolute Gasteiger partial charge is 0.303 e. The van der Waals surface area contributed by atoms with Crippen molar-refractivity contribution in [2.75, 3.05) is 13.1 Å². The van der Waals surface area contributed by atoms with Gasteiger partial charge in [-0.05, 0) is 24.2 Å². The standard InChI is InChI=1S/C13H24N2O3/c1-13(2,3)9-6-7-15(8-9)12(18)10(14)4-5-11(16)17/h9-10H,4-8,14H2,1-3H3,(H,16,17). The molecule has 0 aliphatic carbocycles. The minimum Gasteiger partial charge on any atom is -0.481 e. The van der Waals surface area contributed by atoms with Gasteiger partial charge in [-0.1, -0.05) is 20.8 Å². The third-order valence-electron chi connectivity index (χ3n) is 3.71. The first-order valence-electron chi connectivity index (χ1n) is 6.48. The van der Waals surface area contributed by atoms with E-state index < -0.39 is 12.0 Å². The van der Waals surface area contributed by atoms with Crippen molar-refractivity contribution in [2.45, 2.75) is 46.1 Å². The zero-order chi connectivity index (χ0) is 13.9. The lowest BCUT2D eigenvalue weighted by Crippen LogP contribution is -2.43. The molecule has 1 rings (SSSR count). The van der Waals surface area contributed by atoms with E-state index in [-0.39, 0.29) is 24.2 Å². The molecular formula is C13H24N2O3. The average molecular weight is 256 g/mol. The summed E-state index contributed by atoms with van der Waals surface area (Å²) in [5.74, 6) is -0.525. The van der Waals surface area contributed by atoms with Crippen LogP contribution in [0.1, 0.15) is 40.0 Å². The molecule has 1 heterocycles. The van der Waals surface area contributed by atoms with Crippen molar-refractivity contribution in [2.24, 2.45) is 17.1 Å². The number of aliphatic carboxylic acids is 1. The van der Waals surface area contributed by atoms with Gasteiger partial charge in [0.2, 0.25) is 5.91 Å². The summed E-state index contributed by atoms with van der Waals surface area (Å²) < 4.78 is 0. The summed E-state index contributed by atoms with van der Waals surface area (Å²) in [7, 11) is 0. The predicted molar refractivity (Wildman–Crippen MR) is 69.0 cm³/mol. The van der Waals surface area contributed by atoms with Crippen LogP contribution in [0.15, 0.2) is 0 Å². The lowest BCUT2D eigenvalue weighted by molar-refractivity contribution is -0.137. The second-order valence-electron chi connectivity index (χ2n) is 6.17. The van der Waals surface area contributed by atoms with Gasteiger partial charge >= 0.3 is 5.97 Å². The Hall–Kier alpha value is -1.10. The maximum atomic E-state index is 12.0. The third-order valence-corrected chi connectivity index (χ3v) is 3.71. The molecule has 1 fully saturated rings. The minimum atomic E-state index is -0.910. The van der Waals surface area contributed by atoms with Gasteiger partial charge in [0.1, 0.15) is 0 Å². The second kappa shape index (κ2) is 5.69. The molecule has 0 aromatic rings. The molecule has 1 aliphatic heterocycles. The van der Waals surface area contributed by atoms with Crippen molar-refractivity contribution in [3.8, 4) is 0 Å². The highest BCUT2D eigenvalue weighted by Crippen LogP contribution is 2.33. The summed E-state index contributed by atoms with van der Waals surface area (Å²) in [5, 5.41) is 8.58. The molecule has 1 aliphatic rings. The van der Waals surface area contributed by atoms with E-state index in [1.165, 1.54) is 0 Å². The SMILES string of the molecule is CC(C)(C)C1CCN(C(=O)C(N)CCC(=O)O)C1. The topological polar surface area (TPSA) is 83.6 Å². The second-order valence-corrected chi connectivity index (χ2v) is 6.17. The minimum absolute atomic E-state index is 0.0521. The van der Waals surface area contributed by atoms with Gasteiger partial charge in [0.15, 0.2) is 0 Å². The third kappa shape index (κ3) is 3.98. The molecule has 1 amide bonds. The number of carbonyl (C=O) groups is 2. The monoisotopic (exact) mass is 256 g/mol. The molecule has 2 unspecified atom stereocenters. The van der Waals surface area contributed by atoms with Crippen LogP contribution in [0.4, 0.5) is 0 Å². The normalized spacial score (nSPS) is 22.0. The van der Waals surface area contributed by atoms with Crippen molar-refractivity contribution in [3.05, 3.63) is 0 Å². The number of carbonyl (C=O) groups excluding carboxylic acids is 1. The maximum Gasteiger partial charge on any atom is 0.303 e. The van der Waals surface area contributed by atoms with Crippen molar-refractivity contribution >= 4 is 11.9 Å². The summed E-state index contributed by atoms with van der Waals surface area (Å²) in [6.07, 6.45) is 1.16. The summed E-state index contributed by atoms with van der Waals surface area (Å²) >= 11 is 0. The Morgan fingerprint density at radius 2 is 2.06 bits per heavy atom. The molecule has 5 heteroatoms. The zero-order valence-corrected chi connectivity index (χ0v) is 11.5. The Morgan fingerprint density at radius 3 is 2.50 bits per heavy atom. The number of nitrogens with two attached hydrogens (primary N) is 1. The summed E-state index contributed by atoms with van der Waals surface area (Å²) in [4.78, 5) is 24.3. The lowest BCUT2D eigenvalue weighted by Gasteiger charge is -2.27. The van der Waals surface area contributed by atoms with Crippen LogP contribution in [0, 0.1) is 11.3 Å². The van der Waals surface area contributed by atoms with Crippen LogP contribution in [0.25, 0.3) is 0 Å². The van der Waals surface area contributed by atoms with Crippen molar-refractivity contribution < 1.29 is 14.7 Å². The molecule has 18 heavy (non-hydrogen) atoms.